The first-order valence-electron chi connectivity index (χ1n) is 38.0. The molecule has 0 aliphatic carbocycles. The van der Waals surface area contributed by atoms with Crippen LogP contribution in [0.5, 0.6) is 23.0 Å². The number of alkyl halides is 9. The first kappa shape index (κ1) is 109. The van der Waals surface area contributed by atoms with Gasteiger partial charge in [0.05, 0.1) is 59.2 Å². The molecule has 6 aromatic heterocycles. The molecule has 4 saturated heterocycles. The van der Waals surface area contributed by atoms with Crippen molar-refractivity contribution in [2.45, 2.75) is 185 Å². The predicted octanol–water partition coefficient (Wildman–Crippen LogP) is 11.7. The molecule has 677 valence electrons. The predicted molar refractivity (Wildman–Crippen MR) is 447 cm³/mol. The van der Waals surface area contributed by atoms with E-state index in [0.717, 1.165) is 19.5 Å². The SMILES string of the molecule is C.C.CC(C)(C)OC(=O)N1CCC(F)(F)C(c2ccnc(C=O)c2)C1.CC(C)(C)OC(=O)N1CCC(F)(F)C(c2ccnc(CO)c2)C1.CO.C[C@@H](Br)C(=O)Nc1ccc(Oc2ccc(F)cc2)cn1.C[C@@H](C(=O)Nc1ccc(Oc2ccc(F)cc2)cn1)N1CCC(F)(F)[C@@H](c2cc[n+]([O-])c(CO)c2)C1.[B].[H-].[Na+].[O-][n+]1ccc(C2CNCCC2(F)F)cc1CO. The number of benzene rings is 2. The molecule has 0 spiro atoms. The minimum Gasteiger partial charge on any atom is -1.00 e. The molecule has 2 aromatic carbocycles. The summed E-state index contributed by atoms with van der Waals surface area (Å²) in [6.07, 6.45) is 5.63. The van der Waals surface area contributed by atoms with Crippen molar-refractivity contribution < 1.29 is 148 Å². The zero-order valence-corrected chi connectivity index (χ0v) is 72.8. The fraction of sp³-hybridized carbons (Fsp3) is 0.447. The molecule has 7 N–H and O–H groups in total. The smallest absolute Gasteiger partial charge is 1.00 e. The van der Waals surface area contributed by atoms with Crippen LogP contribution < -0.4 is 64.4 Å². The average Bonchev–Trinajstić information content (AvgIpc) is 0.801. The third kappa shape index (κ3) is 33.2. The van der Waals surface area contributed by atoms with Crippen LogP contribution in [0.15, 0.2) is 159 Å². The first-order chi connectivity index (χ1) is 57.0. The van der Waals surface area contributed by atoms with E-state index in [4.69, 9.17) is 34.3 Å². The topological polar surface area (TPSA) is 354 Å². The van der Waals surface area contributed by atoms with Gasteiger partial charge in [-0.2, -0.15) is 9.46 Å². The molecule has 4 aliphatic rings. The minimum absolute atomic E-state index is 0. The molecule has 0 saturated carbocycles. The number of aldehydes is 1. The summed E-state index contributed by atoms with van der Waals surface area (Å²) >= 11 is 3.17. The van der Waals surface area contributed by atoms with Crippen LogP contribution in [0, 0.1) is 22.0 Å². The van der Waals surface area contributed by atoms with Crippen molar-refractivity contribution in [1.82, 2.24) is 40.0 Å². The molecule has 0 bridgehead atoms. The molecule has 4 aliphatic heterocycles. The van der Waals surface area contributed by atoms with Gasteiger partial charge in [-0.1, -0.05) is 30.8 Å². The largest absolute Gasteiger partial charge is 1.00 e. The van der Waals surface area contributed by atoms with E-state index in [1.165, 1.54) is 138 Å². The number of nitrogens with one attached hydrogen (secondary N) is 3. The second-order valence-corrected chi connectivity index (χ2v) is 31.6. The summed E-state index contributed by atoms with van der Waals surface area (Å²) in [6, 6.07) is 27.9. The number of aliphatic hydroxyl groups is 4. The summed E-state index contributed by atoms with van der Waals surface area (Å²) in [5.74, 6) is -15.0. The van der Waals surface area contributed by atoms with Crippen molar-refractivity contribution in [3.05, 3.63) is 226 Å². The van der Waals surface area contributed by atoms with E-state index < -0.39 is 115 Å². The number of nitrogens with zero attached hydrogens (tertiary/aromatic N) is 9. The number of carbonyl (C=O) groups is 5. The normalized spacial score (nSPS) is 18.2. The standard InChI is InChI=1S/C25H25F3N4O4.C16H22F2N2O3.C16H20F2N2O3.C14H12BrFN2O2.C11H14F2N2O2.CH4O.2CH4.B.Na.H/c1-16(24(34)30-23-7-6-21(13-29-23)36-20-4-2-18(26)3-5-20)31-11-9-25(27,28)22(14-31)17-8-10-32(35)19(12-17)15-33;2*1-15(2,3)23-14(22)20-7-5-16(17,18)13(9-20)11-4-6-19-12(8-11)10-21;1-9(15)14(19)18-13-7-6-12(8-17-13)20-11-4-2-10(16)3-5-11;12-11(13)2-3-14-6-10(11)8-1-4-15(17)9(5-8)7-16;1-2;;;;;/h2-8,10,12-13,16,22,33H,9,11,14-15H2,1H3,(H,29,30,34);4,6,8,13,21H,5,7,9-10H2,1-3H3;4,6,8,10,13H,5,7,9H2,1-3H3;2-9H,1H3,(H,17,18,19);1,4-5,10,14,16H,2-3,6-7H2;2H,1H3;2*1H4;;;/q;;;;;;;;;+1;-1/t16-,22+;;;9-;;;;;;;/m0..1......./s1. The van der Waals surface area contributed by atoms with E-state index in [-0.39, 0.29) is 164 Å². The number of likely N-dealkylation sites (tertiary alicyclic amines) is 3. The van der Waals surface area contributed by atoms with Gasteiger partial charge in [0.2, 0.25) is 23.2 Å². The maximum Gasteiger partial charge on any atom is 1.00 e. The number of pyridine rings is 6. The molecule has 40 heteroatoms. The van der Waals surface area contributed by atoms with E-state index >= 15 is 0 Å². The maximum atomic E-state index is 14.8. The summed E-state index contributed by atoms with van der Waals surface area (Å²) in [5.41, 5.74) is 0.391. The van der Waals surface area contributed by atoms with Gasteiger partial charge in [0.1, 0.15) is 76.4 Å². The number of anilines is 2. The van der Waals surface area contributed by atoms with Gasteiger partial charge in [-0.15, -0.1) is 0 Å². The molecular formula is C85H106BBrF10N12NaO15. The number of piperidine rings is 4. The van der Waals surface area contributed by atoms with Gasteiger partial charge >= 0.3 is 41.7 Å². The second kappa shape index (κ2) is 49.4. The van der Waals surface area contributed by atoms with Crippen LogP contribution in [0.1, 0.15) is 171 Å². The van der Waals surface area contributed by atoms with E-state index in [1.54, 1.807) is 78.5 Å². The number of halogens is 11. The van der Waals surface area contributed by atoms with Gasteiger partial charge in [0, 0.05) is 130 Å². The van der Waals surface area contributed by atoms with Gasteiger partial charge in [-0.3, -0.25) is 29.3 Å². The molecule has 10 heterocycles. The Morgan fingerprint density at radius 3 is 1.35 bits per heavy atom. The Balaban J connectivity index is 0.000000538. The summed E-state index contributed by atoms with van der Waals surface area (Å²) in [7, 11) is 1.00. The van der Waals surface area contributed by atoms with Crippen LogP contribution in [0.3, 0.4) is 0 Å². The summed E-state index contributed by atoms with van der Waals surface area (Å²) in [4.78, 5) is 79.2. The molecule has 8 aromatic rings. The number of hydrogen-bond acceptors (Lipinski definition) is 21. The number of rotatable bonds is 17. The number of hydrogen-bond donors (Lipinski definition) is 7. The molecular weight excluding hydrogens is 1730 g/mol. The van der Waals surface area contributed by atoms with Gasteiger partial charge in [-0.05, 0) is 175 Å². The number of amides is 4. The zero-order chi connectivity index (χ0) is 89.4. The van der Waals surface area contributed by atoms with Gasteiger partial charge < -0.3 is 77.0 Å². The zero-order valence-electron chi connectivity index (χ0n) is 70.2. The van der Waals surface area contributed by atoms with Crippen molar-refractivity contribution in [3.8, 4) is 23.0 Å². The maximum absolute atomic E-state index is 14.8. The van der Waals surface area contributed by atoms with Gasteiger partial charge in [0.25, 0.3) is 23.7 Å². The Hall–Kier alpha value is -9.71. The van der Waals surface area contributed by atoms with Crippen molar-refractivity contribution in [2.24, 2.45) is 0 Å². The van der Waals surface area contributed by atoms with Crippen LogP contribution in [-0.4, -0.2) is 199 Å². The second-order valence-electron chi connectivity index (χ2n) is 30.2. The van der Waals surface area contributed by atoms with Crippen LogP contribution in [-0.2, 0) is 38.9 Å². The Bertz CT molecular complexity index is 4730. The van der Waals surface area contributed by atoms with E-state index in [0.29, 0.717) is 73.5 Å². The van der Waals surface area contributed by atoms with Gasteiger partial charge in [-0.25, -0.2) is 63.5 Å². The van der Waals surface area contributed by atoms with Crippen molar-refractivity contribution in [2.75, 3.05) is 70.1 Å². The van der Waals surface area contributed by atoms with Crippen LogP contribution in [0.4, 0.5) is 65.1 Å². The number of aliphatic hydroxyl groups excluding tert-OH is 4. The molecule has 4 amide bonds. The first-order valence-corrected chi connectivity index (χ1v) is 38.9. The molecule has 125 heavy (non-hydrogen) atoms. The molecule has 3 radical (unpaired) electrons. The summed E-state index contributed by atoms with van der Waals surface area (Å²) in [6.45, 7) is 12.4. The minimum atomic E-state index is -3.03. The quantitative estimate of drug-likeness (QED) is 0.0111. The third-order valence-electron chi connectivity index (χ3n) is 19.0. The molecule has 6 atom stereocenters. The van der Waals surface area contributed by atoms with Crippen LogP contribution >= 0.6 is 15.9 Å². The fourth-order valence-electron chi connectivity index (χ4n) is 12.6. The fourth-order valence-corrected chi connectivity index (χ4v) is 12.7. The Morgan fingerprint density at radius 1 is 0.560 bits per heavy atom. The number of aromatic nitrogens is 6. The Morgan fingerprint density at radius 2 is 0.952 bits per heavy atom. The number of ether oxygens (including phenoxy) is 4. The number of carbonyl (C=O) groups excluding carboxylic acids is 5. The molecule has 12 rings (SSSR count). The Labute approximate surface area is 753 Å². The Kier molecular flexibility index (Phi) is 43.3. The molecule has 3 unspecified atom stereocenters. The monoisotopic (exact) mass is 1840 g/mol. The van der Waals surface area contributed by atoms with E-state index in [1.807, 2.05) is 0 Å². The van der Waals surface area contributed by atoms with E-state index in [2.05, 4.69) is 51.8 Å². The summed E-state index contributed by atoms with van der Waals surface area (Å²) in [5, 5.41) is 65.5. The van der Waals surface area contributed by atoms with Crippen molar-refractivity contribution in [1.29, 1.82) is 0 Å². The van der Waals surface area contributed by atoms with Crippen molar-refractivity contribution >= 4 is 66.3 Å². The summed E-state index contributed by atoms with van der Waals surface area (Å²) < 4.78 is 162. The van der Waals surface area contributed by atoms with Crippen LogP contribution in [0.2, 0.25) is 0 Å². The average molecular weight is 1840 g/mol. The van der Waals surface area contributed by atoms with Crippen molar-refractivity contribution in [3.63, 3.8) is 0 Å². The molecule has 4 fully saturated rings. The third-order valence-corrected chi connectivity index (χ3v) is 19.4. The molecule has 27 nitrogen and oxygen atoms in total. The van der Waals surface area contributed by atoms with Gasteiger partial charge in [0.15, 0.2) is 18.7 Å². The van der Waals surface area contributed by atoms with E-state index in [9.17, 15) is 83.4 Å². The van der Waals surface area contributed by atoms with Crippen LogP contribution in [0.25, 0.3) is 0 Å².